The lowest BCUT2D eigenvalue weighted by Crippen LogP contribution is -2.45. The first-order valence-corrected chi connectivity index (χ1v) is 8.90. The molecule has 25 heavy (non-hydrogen) atoms. The van der Waals surface area contributed by atoms with Gasteiger partial charge in [-0.15, -0.1) is 0 Å². The molecule has 1 N–H and O–H groups in total. The summed E-state index contributed by atoms with van der Waals surface area (Å²) in [5.41, 5.74) is -1.19. The van der Waals surface area contributed by atoms with E-state index in [0.29, 0.717) is 23.3 Å². The van der Waals surface area contributed by atoms with Gasteiger partial charge in [-0.1, -0.05) is 6.07 Å². The van der Waals surface area contributed by atoms with Gasteiger partial charge in [-0.3, -0.25) is 0 Å². The number of aromatic hydroxyl groups is 1. The van der Waals surface area contributed by atoms with Crippen molar-refractivity contribution in [1.82, 2.24) is 0 Å². The van der Waals surface area contributed by atoms with Crippen molar-refractivity contribution in [3.63, 3.8) is 0 Å². The lowest BCUT2D eigenvalue weighted by atomic mass is 9.70. The van der Waals surface area contributed by atoms with Crippen LogP contribution in [0.15, 0.2) is 23.9 Å². The largest absolute Gasteiger partial charge is 0.525 e. The lowest BCUT2D eigenvalue weighted by Gasteiger charge is -2.46. The number of fused-ring (bicyclic) bond motifs is 1. The van der Waals surface area contributed by atoms with E-state index in [2.05, 4.69) is 0 Å². The summed E-state index contributed by atoms with van der Waals surface area (Å²) in [5, 5.41) is 10.3. The normalized spacial score (nSPS) is 27.5. The highest BCUT2D eigenvalue weighted by Crippen LogP contribution is 2.53. The molecule has 1 aliphatic carbocycles. The van der Waals surface area contributed by atoms with E-state index in [4.69, 9.17) is 14.0 Å². The maximum atomic E-state index is 15.5. The fourth-order valence-corrected chi connectivity index (χ4v) is 3.73. The molecule has 0 bridgehead atoms. The maximum absolute atomic E-state index is 15.5. The van der Waals surface area contributed by atoms with Gasteiger partial charge in [0.15, 0.2) is 0 Å². The molecule has 0 atom stereocenters. The van der Waals surface area contributed by atoms with Gasteiger partial charge in [0.1, 0.15) is 22.8 Å². The Morgan fingerprint density at radius 3 is 2.32 bits per heavy atom. The molecule has 0 unspecified atom stereocenters. The molecular formula is C19H24BFO4. The Bertz CT molecular complexity index is 736. The van der Waals surface area contributed by atoms with Crippen LogP contribution < -0.4 is 4.74 Å². The van der Waals surface area contributed by atoms with Crippen molar-refractivity contribution in [1.29, 1.82) is 0 Å². The number of phenols is 1. The smallest absolute Gasteiger partial charge is 0.507 e. The SMILES string of the molecule is CC1(C)OB(C(F)=C2CC3(CCC3)Oc3cccc(O)c32)OC1(C)C. The molecule has 2 heterocycles. The average molecular weight is 346 g/mol. The minimum Gasteiger partial charge on any atom is -0.507 e. The first kappa shape index (κ1) is 16.9. The average Bonchev–Trinajstić information content (AvgIpc) is 2.72. The number of rotatable bonds is 1. The van der Waals surface area contributed by atoms with E-state index in [9.17, 15) is 5.11 Å². The van der Waals surface area contributed by atoms with Gasteiger partial charge in [0.2, 0.25) is 0 Å². The Balaban J connectivity index is 1.79. The van der Waals surface area contributed by atoms with E-state index >= 15 is 4.39 Å². The zero-order valence-corrected chi connectivity index (χ0v) is 15.2. The fourth-order valence-electron chi connectivity index (χ4n) is 3.73. The Morgan fingerprint density at radius 1 is 1.12 bits per heavy atom. The van der Waals surface area contributed by atoms with E-state index in [0.717, 1.165) is 19.3 Å². The van der Waals surface area contributed by atoms with Crippen molar-refractivity contribution >= 4 is 12.7 Å². The first-order chi connectivity index (χ1) is 11.6. The maximum Gasteiger partial charge on any atom is 0.525 e. The van der Waals surface area contributed by atoms with Gasteiger partial charge in [0, 0.05) is 6.42 Å². The van der Waals surface area contributed by atoms with Crippen LogP contribution in [0.25, 0.3) is 5.57 Å². The summed E-state index contributed by atoms with van der Waals surface area (Å²) in [6, 6.07) is 5.06. The third kappa shape index (κ3) is 2.49. The molecule has 3 aliphatic rings. The Morgan fingerprint density at radius 2 is 1.76 bits per heavy atom. The molecule has 6 heteroatoms. The zero-order chi connectivity index (χ0) is 18.0. The molecular weight excluding hydrogens is 322 g/mol. The van der Waals surface area contributed by atoms with Crippen LogP contribution in [0, 0.1) is 0 Å². The van der Waals surface area contributed by atoms with Crippen LogP contribution in [0.5, 0.6) is 11.5 Å². The number of benzene rings is 1. The third-order valence-corrected chi connectivity index (χ3v) is 6.14. The molecule has 1 saturated heterocycles. The molecule has 2 aliphatic heterocycles. The summed E-state index contributed by atoms with van der Waals surface area (Å²) in [5.74, 6) is 0.556. The second kappa shape index (κ2) is 5.24. The Labute approximate surface area is 148 Å². The fraction of sp³-hybridized carbons (Fsp3) is 0.579. The molecule has 1 saturated carbocycles. The highest BCUT2D eigenvalue weighted by molar-refractivity contribution is 6.55. The number of hydrogen-bond donors (Lipinski definition) is 1. The van der Waals surface area contributed by atoms with Gasteiger partial charge >= 0.3 is 7.12 Å². The summed E-state index contributed by atoms with van der Waals surface area (Å²) in [4.78, 5) is 0. The molecule has 0 radical (unpaired) electrons. The minimum absolute atomic E-state index is 0.0216. The molecule has 1 aromatic rings. The molecule has 4 rings (SSSR count). The van der Waals surface area contributed by atoms with Crippen LogP contribution in [0.2, 0.25) is 0 Å². The minimum atomic E-state index is -1.07. The quantitative estimate of drug-likeness (QED) is 0.766. The Kier molecular flexibility index (Phi) is 3.55. The number of ether oxygens (including phenoxy) is 1. The van der Waals surface area contributed by atoms with Crippen molar-refractivity contribution in [3.05, 3.63) is 29.5 Å². The molecule has 0 amide bonds. The van der Waals surface area contributed by atoms with E-state index in [1.807, 2.05) is 27.7 Å². The van der Waals surface area contributed by atoms with Crippen molar-refractivity contribution in [3.8, 4) is 11.5 Å². The Hall–Kier alpha value is -1.53. The summed E-state index contributed by atoms with van der Waals surface area (Å²) >= 11 is 0. The zero-order valence-electron chi connectivity index (χ0n) is 15.2. The third-order valence-electron chi connectivity index (χ3n) is 6.14. The second-order valence-corrected chi connectivity index (χ2v) is 8.38. The lowest BCUT2D eigenvalue weighted by molar-refractivity contribution is -0.00824. The van der Waals surface area contributed by atoms with Crippen LogP contribution in [0.3, 0.4) is 0 Å². The summed E-state index contributed by atoms with van der Waals surface area (Å²) in [6.07, 6.45) is 3.28. The second-order valence-electron chi connectivity index (χ2n) is 8.38. The van der Waals surface area contributed by atoms with Crippen LogP contribution in [-0.2, 0) is 9.31 Å². The predicted molar refractivity (Wildman–Crippen MR) is 94.0 cm³/mol. The molecule has 1 aromatic carbocycles. The standard InChI is InChI=1S/C19H24BFO4/c1-17(2)18(3,4)25-20(24-17)16(21)12-11-19(9-6-10-19)23-14-8-5-7-13(22)15(12)14/h5,7-8,22H,6,9-11H2,1-4H3. The number of halogens is 1. The van der Waals surface area contributed by atoms with Gasteiger partial charge in [-0.2, -0.15) is 0 Å². The van der Waals surface area contributed by atoms with Crippen molar-refractivity contribution < 1.29 is 23.5 Å². The van der Waals surface area contributed by atoms with Crippen molar-refractivity contribution in [2.45, 2.75) is 70.2 Å². The van der Waals surface area contributed by atoms with Gasteiger partial charge in [-0.25, -0.2) is 4.39 Å². The van der Waals surface area contributed by atoms with Gasteiger partial charge in [0.25, 0.3) is 0 Å². The van der Waals surface area contributed by atoms with E-state index in [-0.39, 0.29) is 11.4 Å². The predicted octanol–water partition coefficient (Wildman–Crippen LogP) is 4.41. The van der Waals surface area contributed by atoms with Gasteiger partial charge in [-0.05, 0) is 64.7 Å². The summed E-state index contributed by atoms with van der Waals surface area (Å²) in [7, 11) is -1.07. The van der Waals surface area contributed by atoms with E-state index in [1.54, 1.807) is 18.2 Å². The molecule has 2 fully saturated rings. The van der Waals surface area contributed by atoms with Crippen LogP contribution in [0.4, 0.5) is 4.39 Å². The molecule has 0 aromatic heterocycles. The van der Waals surface area contributed by atoms with Crippen LogP contribution in [0.1, 0.15) is 58.9 Å². The van der Waals surface area contributed by atoms with E-state index < -0.39 is 24.0 Å². The summed E-state index contributed by atoms with van der Waals surface area (Å²) in [6.45, 7) is 7.59. The molecule has 134 valence electrons. The highest BCUT2D eigenvalue weighted by Gasteiger charge is 2.55. The van der Waals surface area contributed by atoms with Crippen molar-refractivity contribution in [2.24, 2.45) is 0 Å². The first-order valence-electron chi connectivity index (χ1n) is 8.90. The molecule has 4 nitrogen and oxygen atoms in total. The van der Waals surface area contributed by atoms with Gasteiger partial charge < -0.3 is 19.2 Å². The van der Waals surface area contributed by atoms with Crippen LogP contribution >= 0.6 is 0 Å². The van der Waals surface area contributed by atoms with E-state index in [1.165, 1.54) is 0 Å². The number of hydrogen-bond acceptors (Lipinski definition) is 4. The van der Waals surface area contributed by atoms with Crippen molar-refractivity contribution in [2.75, 3.05) is 0 Å². The van der Waals surface area contributed by atoms with Gasteiger partial charge in [0.05, 0.1) is 16.8 Å². The summed E-state index contributed by atoms with van der Waals surface area (Å²) < 4.78 is 33.4. The highest BCUT2D eigenvalue weighted by atomic mass is 19.1. The van der Waals surface area contributed by atoms with Crippen LogP contribution in [-0.4, -0.2) is 29.0 Å². The number of phenolic OH excluding ortho intramolecular Hbond substituents is 1. The molecule has 1 spiro atoms. The topological polar surface area (TPSA) is 47.9 Å². The monoisotopic (exact) mass is 346 g/mol.